The zero-order valence-electron chi connectivity index (χ0n) is 9.16. The van der Waals surface area contributed by atoms with Gasteiger partial charge < -0.3 is 0 Å². The van der Waals surface area contributed by atoms with Gasteiger partial charge in [0.05, 0.1) is 0 Å². The van der Waals surface area contributed by atoms with E-state index in [9.17, 15) is 0 Å². The molecule has 5 heteroatoms. The van der Waals surface area contributed by atoms with Gasteiger partial charge in [0.15, 0.2) is 0 Å². The van der Waals surface area contributed by atoms with E-state index in [0.29, 0.717) is 5.41 Å². The third-order valence-corrected chi connectivity index (χ3v) is 4.08. The van der Waals surface area contributed by atoms with Crippen molar-refractivity contribution >= 4 is 23.1 Å². The molecule has 0 saturated carbocycles. The van der Waals surface area contributed by atoms with Gasteiger partial charge in [0.1, 0.15) is 10.0 Å². The van der Waals surface area contributed by atoms with Gasteiger partial charge >= 0.3 is 0 Å². The minimum Gasteiger partial charge on any atom is -0.297 e. The summed E-state index contributed by atoms with van der Waals surface area (Å²) < 4.78 is 4.58. The van der Waals surface area contributed by atoms with Crippen LogP contribution in [0.3, 0.4) is 0 Å². The minimum atomic E-state index is 0.501. The van der Waals surface area contributed by atoms with Crippen LogP contribution < -0.4 is 0 Å². The number of likely N-dealkylation sites (tertiary alicyclic amines) is 1. The van der Waals surface area contributed by atoms with E-state index in [0.717, 1.165) is 29.7 Å². The minimum absolute atomic E-state index is 0.501. The summed E-state index contributed by atoms with van der Waals surface area (Å²) in [7, 11) is 0. The van der Waals surface area contributed by atoms with Gasteiger partial charge in [-0.15, -0.1) is 5.10 Å². The largest absolute Gasteiger partial charge is 0.297 e. The number of hydrogen-bond donors (Lipinski definition) is 0. The van der Waals surface area contributed by atoms with Crippen molar-refractivity contribution in [1.29, 1.82) is 0 Å². The van der Waals surface area contributed by atoms with Gasteiger partial charge in [0.2, 0.25) is 0 Å². The molecule has 0 aliphatic carbocycles. The lowest BCUT2D eigenvalue weighted by atomic mass is 9.83. The Morgan fingerprint density at radius 2 is 2.07 bits per heavy atom. The fourth-order valence-corrected chi connectivity index (χ4v) is 2.43. The molecule has 1 saturated heterocycles. The molecule has 0 bridgehead atoms. The van der Waals surface area contributed by atoms with E-state index < -0.39 is 0 Å². The maximum atomic E-state index is 5.98. The molecular weight excluding hydrogens is 230 g/mol. The fraction of sp³-hybridized carbons (Fsp3) is 0.800. The molecule has 0 aromatic carbocycles. The number of nitrogens with zero attached hydrogens (tertiary/aromatic N) is 3. The van der Waals surface area contributed by atoms with Crippen molar-refractivity contribution in [3.8, 4) is 0 Å². The van der Waals surface area contributed by atoms with Crippen LogP contribution in [-0.4, -0.2) is 27.6 Å². The van der Waals surface area contributed by atoms with Gasteiger partial charge in [-0.2, -0.15) is 0 Å². The highest BCUT2D eigenvalue weighted by Gasteiger charge is 2.25. The first kappa shape index (κ1) is 11.3. The van der Waals surface area contributed by atoms with Crippen molar-refractivity contribution in [1.82, 2.24) is 14.5 Å². The first-order valence-electron chi connectivity index (χ1n) is 5.26. The first-order chi connectivity index (χ1) is 7.07. The Balaban J connectivity index is 1.90. The number of piperidine rings is 1. The molecule has 1 aliphatic rings. The lowest BCUT2D eigenvalue weighted by Gasteiger charge is -2.36. The second-order valence-electron chi connectivity index (χ2n) is 4.93. The Bertz CT molecular complexity index is 327. The predicted molar refractivity (Wildman–Crippen MR) is 63.2 cm³/mol. The summed E-state index contributed by atoms with van der Waals surface area (Å²) in [6.07, 6.45) is 2.50. The van der Waals surface area contributed by atoms with E-state index in [-0.39, 0.29) is 0 Å². The van der Waals surface area contributed by atoms with Crippen LogP contribution >= 0.6 is 23.1 Å². The average Bonchev–Trinajstić information content (AvgIpc) is 2.56. The molecule has 15 heavy (non-hydrogen) atoms. The summed E-state index contributed by atoms with van der Waals surface area (Å²) in [6.45, 7) is 7.80. The second-order valence-corrected chi connectivity index (χ2v) is 6.29. The highest BCUT2D eigenvalue weighted by molar-refractivity contribution is 7.10. The topological polar surface area (TPSA) is 29.0 Å². The molecule has 1 fully saturated rings. The average molecular weight is 246 g/mol. The molecule has 2 heterocycles. The smallest absolute Gasteiger partial charge is 0.138 e. The molecule has 84 valence electrons. The molecule has 0 unspecified atom stereocenters. The highest BCUT2D eigenvalue weighted by Crippen LogP contribution is 2.30. The molecule has 2 rings (SSSR count). The van der Waals surface area contributed by atoms with E-state index >= 15 is 0 Å². The quantitative estimate of drug-likeness (QED) is 0.803. The summed E-state index contributed by atoms with van der Waals surface area (Å²) in [5, 5.41) is 4.04. The molecule has 0 amide bonds. The Labute approximate surface area is 99.6 Å². The Morgan fingerprint density at radius 3 is 2.60 bits per heavy atom. The fourth-order valence-electron chi connectivity index (χ4n) is 1.82. The summed E-state index contributed by atoms with van der Waals surface area (Å²) in [5.41, 5.74) is 1.43. The van der Waals surface area contributed by atoms with Crippen LogP contribution in [0.2, 0.25) is 4.34 Å². The van der Waals surface area contributed by atoms with Crippen LogP contribution in [0.15, 0.2) is 0 Å². The van der Waals surface area contributed by atoms with Gasteiger partial charge in [-0.1, -0.05) is 29.9 Å². The normalized spacial score (nSPS) is 21.8. The lowest BCUT2D eigenvalue weighted by molar-refractivity contribution is 0.126. The Kier molecular flexibility index (Phi) is 3.28. The van der Waals surface area contributed by atoms with E-state index in [4.69, 9.17) is 11.6 Å². The van der Waals surface area contributed by atoms with Gasteiger partial charge in [-0.05, 0) is 31.3 Å². The van der Waals surface area contributed by atoms with Crippen molar-refractivity contribution in [3.63, 3.8) is 0 Å². The molecule has 1 aromatic heterocycles. The van der Waals surface area contributed by atoms with Crippen molar-refractivity contribution in [2.75, 3.05) is 13.1 Å². The number of aromatic nitrogens is 2. The standard InChI is InChI=1S/C10H16ClN3S/c1-10(2)3-5-14(6-4-10)7-8-9(11)15-13-12-8/h3-7H2,1-2H3. The van der Waals surface area contributed by atoms with Gasteiger partial charge in [-0.25, -0.2) is 0 Å². The van der Waals surface area contributed by atoms with Gasteiger partial charge in [0.25, 0.3) is 0 Å². The van der Waals surface area contributed by atoms with Crippen LogP contribution in [-0.2, 0) is 6.54 Å². The molecule has 3 nitrogen and oxygen atoms in total. The van der Waals surface area contributed by atoms with Crippen LogP contribution in [0.25, 0.3) is 0 Å². The van der Waals surface area contributed by atoms with Crippen molar-refractivity contribution < 1.29 is 0 Å². The Morgan fingerprint density at radius 1 is 1.40 bits per heavy atom. The van der Waals surface area contributed by atoms with Crippen molar-refractivity contribution in [2.45, 2.75) is 33.2 Å². The van der Waals surface area contributed by atoms with E-state index in [1.54, 1.807) is 0 Å². The highest BCUT2D eigenvalue weighted by atomic mass is 35.5. The molecule has 0 radical (unpaired) electrons. The van der Waals surface area contributed by atoms with E-state index in [1.807, 2.05) is 0 Å². The lowest BCUT2D eigenvalue weighted by Crippen LogP contribution is -2.36. The van der Waals surface area contributed by atoms with Crippen molar-refractivity contribution in [2.24, 2.45) is 5.41 Å². The van der Waals surface area contributed by atoms with Crippen LogP contribution in [0.1, 0.15) is 32.4 Å². The monoisotopic (exact) mass is 245 g/mol. The summed E-state index contributed by atoms with van der Waals surface area (Å²) in [5.74, 6) is 0. The molecular formula is C10H16ClN3S. The second kappa shape index (κ2) is 4.36. The first-order valence-corrected chi connectivity index (χ1v) is 6.41. The van der Waals surface area contributed by atoms with Gasteiger partial charge in [0, 0.05) is 18.1 Å². The number of rotatable bonds is 2. The summed E-state index contributed by atoms with van der Waals surface area (Å²) in [6, 6.07) is 0. The SMILES string of the molecule is CC1(C)CCN(Cc2nnsc2Cl)CC1. The van der Waals surface area contributed by atoms with E-state index in [2.05, 4.69) is 28.3 Å². The van der Waals surface area contributed by atoms with Crippen LogP contribution in [0, 0.1) is 5.41 Å². The van der Waals surface area contributed by atoms with Crippen molar-refractivity contribution in [3.05, 3.63) is 10.0 Å². The maximum Gasteiger partial charge on any atom is 0.138 e. The zero-order chi connectivity index (χ0) is 10.9. The summed E-state index contributed by atoms with van der Waals surface area (Å²) >= 11 is 7.25. The van der Waals surface area contributed by atoms with Crippen LogP contribution in [0.4, 0.5) is 0 Å². The third kappa shape index (κ3) is 2.89. The Hall–Kier alpha value is -0.190. The summed E-state index contributed by atoms with van der Waals surface area (Å²) in [4.78, 5) is 2.41. The predicted octanol–water partition coefficient (Wildman–Crippen LogP) is 2.81. The number of hydrogen-bond acceptors (Lipinski definition) is 4. The third-order valence-electron chi connectivity index (χ3n) is 3.09. The molecule has 0 spiro atoms. The zero-order valence-corrected chi connectivity index (χ0v) is 10.7. The maximum absolute atomic E-state index is 5.98. The van der Waals surface area contributed by atoms with Gasteiger partial charge in [-0.3, -0.25) is 4.90 Å². The molecule has 0 N–H and O–H groups in total. The number of halogens is 1. The van der Waals surface area contributed by atoms with Crippen LogP contribution in [0.5, 0.6) is 0 Å². The molecule has 0 atom stereocenters. The van der Waals surface area contributed by atoms with E-state index in [1.165, 1.54) is 24.4 Å². The molecule has 1 aromatic rings. The molecule has 1 aliphatic heterocycles.